The molecule has 0 amide bonds. The van der Waals surface area contributed by atoms with E-state index >= 15 is 0 Å². The third-order valence-corrected chi connectivity index (χ3v) is 2.77. The van der Waals surface area contributed by atoms with Gasteiger partial charge in [-0.2, -0.15) is 0 Å². The molecule has 0 atom stereocenters. The fourth-order valence-corrected chi connectivity index (χ4v) is 1.93. The average molecular weight is 238 g/mol. The predicted octanol–water partition coefficient (Wildman–Crippen LogP) is 3.50. The monoisotopic (exact) mass is 238 g/mol. The molecule has 3 nitrogen and oxygen atoms in total. The van der Waals surface area contributed by atoms with Crippen LogP contribution in [0.25, 0.3) is 12.2 Å². The molecule has 0 N–H and O–H groups in total. The highest BCUT2D eigenvalue weighted by Crippen LogP contribution is 2.37. The Balaban J connectivity index is 2.14. The van der Waals surface area contributed by atoms with Crippen molar-refractivity contribution in [1.82, 2.24) is 0 Å². The molecule has 3 heteroatoms. The fourth-order valence-electron chi connectivity index (χ4n) is 1.93. The van der Waals surface area contributed by atoms with Crippen LogP contribution in [0.2, 0.25) is 0 Å². The number of ether oxygens (including phenoxy) is 2. The van der Waals surface area contributed by atoms with Gasteiger partial charge in [0.05, 0.1) is 5.56 Å². The maximum absolute atomic E-state index is 10.5. The van der Waals surface area contributed by atoms with Gasteiger partial charge in [0.25, 0.3) is 6.47 Å². The topological polar surface area (TPSA) is 35.5 Å². The van der Waals surface area contributed by atoms with E-state index in [-0.39, 0.29) is 0 Å². The number of benzene rings is 2. The molecule has 0 saturated carbocycles. The molecule has 0 fully saturated rings. The zero-order valence-electron chi connectivity index (χ0n) is 9.50. The van der Waals surface area contributed by atoms with E-state index in [4.69, 9.17) is 9.47 Å². The molecular weight excluding hydrogens is 228 g/mol. The number of rotatable bonds is 2. The van der Waals surface area contributed by atoms with Crippen molar-refractivity contribution in [1.29, 1.82) is 0 Å². The Bertz CT molecular complexity index is 629. The lowest BCUT2D eigenvalue weighted by Crippen LogP contribution is -1.93. The van der Waals surface area contributed by atoms with Gasteiger partial charge in [-0.25, -0.2) is 0 Å². The minimum Gasteiger partial charge on any atom is -0.456 e. The Morgan fingerprint density at radius 1 is 0.944 bits per heavy atom. The van der Waals surface area contributed by atoms with Crippen LogP contribution in [0.3, 0.4) is 0 Å². The Labute approximate surface area is 104 Å². The van der Waals surface area contributed by atoms with E-state index < -0.39 is 0 Å². The van der Waals surface area contributed by atoms with Gasteiger partial charge in [-0.3, -0.25) is 4.79 Å². The van der Waals surface area contributed by atoms with Crippen LogP contribution in [0.15, 0.2) is 42.5 Å². The van der Waals surface area contributed by atoms with Crippen molar-refractivity contribution in [2.24, 2.45) is 0 Å². The molecule has 0 unspecified atom stereocenters. The van der Waals surface area contributed by atoms with Crippen LogP contribution in [0.5, 0.6) is 17.2 Å². The largest absolute Gasteiger partial charge is 0.456 e. The maximum atomic E-state index is 10.5. The molecule has 3 rings (SSSR count). The summed E-state index contributed by atoms with van der Waals surface area (Å²) in [5, 5.41) is 0. The van der Waals surface area contributed by atoms with Gasteiger partial charge in [-0.1, -0.05) is 30.3 Å². The Morgan fingerprint density at radius 3 is 2.67 bits per heavy atom. The molecule has 0 aromatic heterocycles. The van der Waals surface area contributed by atoms with Crippen LogP contribution < -0.4 is 9.47 Å². The van der Waals surface area contributed by atoms with Gasteiger partial charge in [0.15, 0.2) is 0 Å². The van der Waals surface area contributed by atoms with E-state index in [2.05, 4.69) is 0 Å². The molecule has 1 aliphatic rings. The van der Waals surface area contributed by atoms with Crippen LogP contribution in [0, 0.1) is 0 Å². The van der Waals surface area contributed by atoms with E-state index in [1.54, 1.807) is 12.1 Å². The van der Waals surface area contributed by atoms with Crippen molar-refractivity contribution >= 4 is 18.6 Å². The summed E-state index contributed by atoms with van der Waals surface area (Å²) in [6.07, 6.45) is 3.83. The first kappa shape index (κ1) is 10.6. The van der Waals surface area contributed by atoms with E-state index in [0.29, 0.717) is 18.0 Å². The van der Waals surface area contributed by atoms with Crippen molar-refractivity contribution in [2.45, 2.75) is 0 Å². The van der Waals surface area contributed by atoms with Crippen LogP contribution in [-0.4, -0.2) is 6.47 Å². The second-order valence-electron chi connectivity index (χ2n) is 3.86. The second kappa shape index (κ2) is 4.37. The summed E-state index contributed by atoms with van der Waals surface area (Å²) >= 11 is 0. The number of hydrogen-bond donors (Lipinski definition) is 0. The van der Waals surface area contributed by atoms with Gasteiger partial charge < -0.3 is 9.47 Å². The summed E-state index contributed by atoms with van der Waals surface area (Å²) in [7, 11) is 0. The van der Waals surface area contributed by atoms with Gasteiger partial charge in [0.1, 0.15) is 17.2 Å². The fraction of sp³-hybridized carbons (Fsp3) is 0. The molecule has 1 heterocycles. The second-order valence-corrected chi connectivity index (χ2v) is 3.86. The van der Waals surface area contributed by atoms with Gasteiger partial charge in [0, 0.05) is 5.56 Å². The number of para-hydroxylation sites is 1. The third-order valence-electron chi connectivity index (χ3n) is 2.77. The predicted molar refractivity (Wildman–Crippen MR) is 68.6 cm³/mol. The highest BCUT2D eigenvalue weighted by atomic mass is 16.5. The first-order valence-corrected chi connectivity index (χ1v) is 5.57. The smallest absolute Gasteiger partial charge is 0.298 e. The van der Waals surface area contributed by atoms with Gasteiger partial charge >= 0.3 is 0 Å². The lowest BCUT2D eigenvalue weighted by Gasteiger charge is -2.10. The lowest BCUT2D eigenvalue weighted by atomic mass is 10.1. The highest BCUT2D eigenvalue weighted by molar-refractivity contribution is 5.80. The van der Waals surface area contributed by atoms with Gasteiger partial charge in [-0.05, 0) is 24.3 Å². The zero-order valence-corrected chi connectivity index (χ0v) is 9.50. The molecule has 2 aromatic carbocycles. The standard InChI is InChI=1S/C15H10O3/c16-10-17-14-6-3-7-15-12(14)9-8-11-4-1-2-5-13(11)18-15/h1-10H. The number of fused-ring (bicyclic) bond motifs is 2. The SMILES string of the molecule is O=COc1cccc2c1C=Cc1ccccc1O2. The van der Waals surface area contributed by atoms with Crippen molar-refractivity contribution in [3.63, 3.8) is 0 Å². The summed E-state index contributed by atoms with van der Waals surface area (Å²) in [6.45, 7) is 0.418. The quantitative estimate of drug-likeness (QED) is 0.641. The summed E-state index contributed by atoms with van der Waals surface area (Å²) in [5.41, 5.74) is 1.76. The minimum absolute atomic E-state index is 0.418. The van der Waals surface area contributed by atoms with E-state index in [1.807, 2.05) is 42.5 Å². The first-order valence-electron chi connectivity index (χ1n) is 5.57. The van der Waals surface area contributed by atoms with E-state index in [1.165, 1.54) is 0 Å². The van der Waals surface area contributed by atoms with Crippen molar-refractivity contribution in [3.05, 3.63) is 53.6 Å². The minimum atomic E-state index is 0.418. The Kier molecular flexibility index (Phi) is 2.57. The van der Waals surface area contributed by atoms with E-state index in [9.17, 15) is 4.79 Å². The van der Waals surface area contributed by atoms with E-state index in [0.717, 1.165) is 16.9 Å². The van der Waals surface area contributed by atoms with Crippen molar-refractivity contribution in [2.75, 3.05) is 0 Å². The van der Waals surface area contributed by atoms with Crippen LogP contribution in [0.4, 0.5) is 0 Å². The normalized spacial score (nSPS) is 11.8. The number of carbonyl (C=O) groups excluding carboxylic acids is 1. The van der Waals surface area contributed by atoms with Crippen molar-refractivity contribution < 1.29 is 14.3 Å². The lowest BCUT2D eigenvalue weighted by molar-refractivity contribution is -0.120. The summed E-state index contributed by atoms with van der Waals surface area (Å²) in [4.78, 5) is 10.5. The summed E-state index contributed by atoms with van der Waals surface area (Å²) in [5.74, 6) is 1.96. The Morgan fingerprint density at radius 2 is 1.78 bits per heavy atom. The van der Waals surface area contributed by atoms with Gasteiger partial charge in [-0.15, -0.1) is 0 Å². The molecule has 0 aliphatic carbocycles. The molecular formula is C15H10O3. The summed E-state index contributed by atoms with van der Waals surface area (Å²) < 4.78 is 10.8. The third kappa shape index (κ3) is 1.76. The Hall–Kier alpha value is -2.55. The molecule has 88 valence electrons. The summed E-state index contributed by atoms with van der Waals surface area (Å²) in [6, 6.07) is 13.1. The van der Waals surface area contributed by atoms with Gasteiger partial charge in [0.2, 0.25) is 0 Å². The maximum Gasteiger partial charge on any atom is 0.298 e. The molecule has 0 saturated heterocycles. The number of carbonyl (C=O) groups is 1. The molecule has 1 aliphatic heterocycles. The molecule has 0 spiro atoms. The zero-order chi connectivity index (χ0) is 12.4. The molecule has 18 heavy (non-hydrogen) atoms. The first-order chi connectivity index (χ1) is 8.88. The average Bonchev–Trinajstić information content (AvgIpc) is 2.58. The van der Waals surface area contributed by atoms with Crippen LogP contribution >= 0.6 is 0 Å². The van der Waals surface area contributed by atoms with Crippen molar-refractivity contribution in [3.8, 4) is 17.2 Å². The molecule has 0 radical (unpaired) electrons. The molecule has 0 bridgehead atoms. The van der Waals surface area contributed by atoms with Crippen LogP contribution in [-0.2, 0) is 4.79 Å². The highest BCUT2D eigenvalue weighted by Gasteiger charge is 2.13. The van der Waals surface area contributed by atoms with Crippen LogP contribution in [0.1, 0.15) is 11.1 Å². The number of hydrogen-bond acceptors (Lipinski definition) is 3. The molecule has 2 aromatic rings.